The number of hydrogen-bond acceptors (Lipinski definition) is 7. The molecule has 20 heavy (non-hydrogen) atoms. The van der Waals surface area contributed by atoms with Crippen molar-refractivity contribution in [3.05, 3.63) is 0 Å². The largest absolute Gasteiger partial charge is 0.822 e. The van der Waals surface area contributed by atoms with Gasteiger partial charge in [0.05, 0.1) is 0 Å². The van der Waals surface area contributed by atoms with Crippen molar-refractivity contribution in [1.82, 2.24) is 14.7 Å². The first-order chi connectivity index (χ1) is 8.81. The van der Waals surface area contributed by atoms with E-state index >= 15 is 0 Å². The number of nitrogens with zero attached hydrogens (tertiary/aromatic N) is 3. The zero-order valence-corrected chi connectivity index (χ0v) is 13.3. The van der Waals surface area contributed by atoms with Crippen LogP contribution in [0.1, 0.15) is 0 Å². The van der Waals surface area contributed by atoms with Crippen LogP contribution in [0, 0.1) is 0 Å². The average molecular weight is 314 g/mol. The van der Waals surface area contributed by atoms with E-state index < -0.39 is 7.82 Å². The Morgan fingerprint density at radius 3 is 0.700 bits per heavy atom. The van der Waals surface area contributed by atoms with Crippen LogP contribution in [0.15, 0.2) is 0 Å². The van der Waals surface area contributed by atoms with Crippen LogP contribution in [0.2, 0.25) is 0 Å². The normalized spacial score (nSPS) is 8.05. The van der Waals surface area contributed by atoms with Crippen molar-refractivity contribution in [3.63, 3.8) is 0 Å². The predicted molar refractivity (Wildman–Crippen MR) is 66.9 cm³/mol. The van der Waals surface area contributed by atoms with Crippen molar-refractivity contribution in [2.24, 2.45) is 0 Å². The highest BCUT2D eigenvalue weighted by molar-refractivity contribution is 7.40. The summed E-state index contributed by atoms with van der Waals surface area (Å²) in [5, 5.41) is 0. The Bertz CT molecular complexity index is 242. The van der Waals surface area contributed by atoms with Crippen molar-refractivity contribution >= 4 is 27.1 Å². The number of carbonyl (C=O) groups excluding carboxylic acids is 3. The maximum absolute atomic E-state index is 9.43. The Hall–Kier alpha value is -1.48. The van der Waals surface area contributed by atoms with Gasteiger partial charge in [-0.15, -0.1) is 0 Å². The summed E-state index contributed by atoms with van der Waals surface area (Å²) in [4.78, 5) is 58.3. The summed E-state index contributed by atoms with van der Waals surface area (Å²) in [6, 6.07) is 0. The van der Waals surface area contributed by atoms with Gasteiger partial charge in [0, 0.05) is 42.3 Å². The molecule has 122 valence electrons. The summed E-state index contributed by atoms with van der Waals surface area (Å²) >= 11 is 0. The topological polar surface area (TPSA) is 147 Å². The first-order valence-electron chi connectivity index (χ1n) is 4.90. The maximum atomic E-state index is 9.43. The van der Waals surface area contributed by atoms with Crippen molar-refractivity contribution < 1.29 is 33.6 Å². The van der Waals surface area contributed by atoms with Crippen LogP contribution in [-0.4, -0.2) is 76.2 Å². The Morgan fingerprint density at radius 2 is 0.700 bits per heavy atom. The maximum Gasteiger partial charge on any atom is 0.209 e. The van der Waals surface area contributed by atoms with Crippen molar-refractivity contribution in [2.75, 3.05) is 42.3 Å². The Kier molecular flexibility index (Phi) is 23.6. The number of phosphoric acid groups is 1. The molecule has 0 radical (unpaired) electrons. The van der Waals surface area contributed by atoms with Crippen molar-refractivity contribution in [2.45, 2.75) is 0 Å². The second-order valence-corrected chi connectivity index (χ2v) is 4.55. The summed E-state index contributed by atoms with van der Waals surface area (Å²) in [6.07, 6.45) is 2.25. The van der Waals surface area contributed by atoms with Gasteiger partial charge in [-0.05, 0) is 0 Å². The van der Waals surface area contributed by atoms with Crippen molar-refractivity contribution in [3.8, 4) is 0 Å². The molecule has 0 saturated heterocycles. The van der Waals surface area contributed by atoms with Gasteiger partial charge in [0.15, 0.2) is 0 Å². The Morgan fingerprint density at radius 1 is 0.650 bits per heavy atom. The second-order valence-electron chi connectivity index (χ2n) is 3.65. The first-order valence-corrected chi connectivity index (χ1v) is 6.36. The van der Waals surface area contributed by atoms with Crippen LogP contribution in [-0.2, 0) is 18.9 Å². The fourth-order valence-electron chi connectivity index (χ4n) is 0. The summed E-state index contributed by atoms with van der Waals surface area (Å²) in [5.41, 5.74) is 0. The zero-order valence-electron chi connectivity index (χ0n) is 12.4. The lowest BCUT2D eigenvalue weighted by Gasteiger charge is -2.36. The van der Waals surface area contributed by atoms with Gasteiger partial charge in [-0.2, -0.15) is 7.82 Å². The molecule has 10 nitrogen and oxygen atoms in total. The van der Waals surface area contributed by atoms with Gasteiger partial charge in [-0.25, -0.2) is 0 Å². The molecule has 0 bridgehead atoms. The highest BCUT2D eigenvalue weighted by Crippen LogP contribution is 2.03. The minimum atomic E-state index is -5.39. The lowest BCUT2D eigenvalue weighted by Crippen LogP contribution is -2.24. The lowest BCUT2D eigenvalue weighted by atomic mass is 11.0. The summed E-state index contributed by atoms with van der Waals surface area (Å²) < 4.78 is 8.55. The number of carbonyl (C=O) groups is 3. The van der Waals surface area contributed by atoms with Crippen molar-refractivity contribution in [1.29, 1.82) is 0 Å². The predicted octanol–water partition coefficient (Wildman–Crippen LogP) is -3.71. The smallest absolute Gasteiger partial charge is 0.209 e. The quantitative estimate of drug-likeness (QED) is 0.384. The van der Waals surface area contributed by atoms with Crippen LogP contribution in [0.25, 0.3) is 0 Å². The molecule has 3 amide bonds. The highest BCUT2D eigenvalue weighted by Gasteiger charge is 1.69. The van der Waals surface area contributed by atoms with Gasteiger partial charge >= 0.3 is 0 Å². The van der Waals surface area contributed by atoms with E-state index in [1.165, 1.54) is 14.7 Å². The molecule has 0 aliphatic heterocycles. The average Bonchev–Trinajstić information content (AvgIpc) is 2.28. The van der Waals surface area contributed by atoms with Crippen LogP contribution in [0.4, 0.5) is 0 Å². The Balaban J connectivity index is -0.0000000853. The van der Waals surface area contributed by atoms with Gasteiger partial charge in [0.2, 0.25) is 19.2 Å². The van der Waals surface area contributed by atoms with E-state index in [1.807, 2.05) is 0 Å². The Labute approximate surface area is 118 Å². The summed E-state index contributed by atoms with van der Waals surface area (Å²) in [5.74, 6) is 0. The molecule has 0 N–H and O–H groups in total. The molecule has 0 aliphatic carbocycles. The molecule has 0 atom stereocenters. The number of rotatable bonds is 3. The second kappa shape index (κ2) is 17.5. The van der Waals surface area contributed by atoms with E-state index in [-0.39, 0.29) is 0 Å². The van der Waals surface area contributed by atoms with Crippen LogP contribution in [0.3, 0.4) is 0 Å². The molecule has 0 aromatic carbocycles. The van der Waals surface area contributed by atoms with E-state index in [9.17, 15) is 14.4 Å². The van der Waals surface area contributed by atoms with E-state index in [0.29, 0.717) is 0 Å². The third-order valence-corrected chi connectivity index (χ3v) is 0.632. The molecule has 0 spiro atoms. The third kappa shape index (κ3) is 195. The lowest BCUT2D eigenvalue weighted by molar-refractivity contribution is -0.432. The molecular weight excluding hydrogens is 293 g/mol. The standard InChI is InChI=1S/3C3H7NO.H3O4P/c3*1-4(2)3-5;1-5(2,3)4/h3*3H,1-2H3;(H3,1,2,3,4)/p-3. The molecule has 0 rings (SSSR count). The van der Waals surface area contributed by atoms with Gasteiger partial charge in [0.25, 0.3) is 0 Å². The zero-order chi connectivity index (χ0) is 17.4. The molecule has 0 aromatic rings. The van der Waals surface area contributed by atoms with Gasteiger partial charge < -0.3 is 33.9 Å². The summed E-state index contributed by atoms with van der Waals surface area (Å²) in [7, 11) is 4.74. The fourth-order valence-corrected chi connectivity index (χ4v) is 0. The minimum Gasteiger partial charge on any atom is -0.822 e. The summed E-state index contributed by atoms with van der Waals surface area (Å²) in [6.45, 7) is 0. The molecule has 11 heteroatoms. The van der Waals surface area contributed by atoms with E-state index in [0.717, 1.165) is 19.2 Å². The monoisotopic (exact) mass is 314 g/mol. The fraction of sp³-hybridized carbons (Fsp3) is 0.667. The number of hydrogen-bond donors (Lipinski definition) is 0. The SMILES string of the molecule is CN(C)C=O.CN(C)C=O.CN(C)C=O.O=P([O-])([O-])[O-]. The molecule has 0 fully saturated rings. The minimum absolute atomic E-state index is 0.750. The molecule has 0 aliphatic rings. The van der Waals surface area contributed by atoms with Gasteiger partial charge in [-0.1, -0.05) is 0 Å². The van der Waals surface area contributed by atoms with Crippen LogP contribution >= 0.6 is 7.82 Å². The van der Waals surface area contributed by atoms with E-state index in [2.05, 4.69) is 0 Å². The molecule has 0 heterocycles. The van der Waals surface area contributed by atoms with Gasteiger partial charge in [-0.3, -0.25) is 14.4 Å². The molecular formula is C9H21N3O7P-3. The van der Waals surface area contributed by atoms with Gasteiger partial charge in [0.1, 0.15) is 0 Å². The highest BCUT2D eigenvalue weighted by atomic mass is 31.2. The van der Waals surface area contributed by atoms with Crippen LogP contribution in [0.5, 0.6) is 0 Å². The molecule has 0 unspecified atom stereocenters. The first kappa shape index (κ1) is 27.0. The van der Waals surface area contributed by atoms with E-state index in [1.54, 1.807) is 42.3 Å². The molecule has 0 saturated carbocycles. The van der Waals surface area contributed by atoms with Crippen LogP contribution < -0.4 is 14.7 Å². The number of amides is 3. The third-order valence-electron chi connectivity index (χ3n) is 0.632. The molecule has 0 aromatic heterocycles. The van der Waals surface area contributed by atoms with E-state index in [4.69, 9.17) is 19.2 Å².